The lowest BCUT2D eigenvalue weighted by Gasteiger charge is -2.15. The number of benzene rings is 2. The third-order valence-corrected chi connectivity index (χ3v) is 3.40. The highest BCUT2D eigenvalue weighted by atomic mass is 35.5. The van der Waals surface area contributed by atoms with Crippen molar-refractivity contribution < 1.29 is 22.3 Å². The van der Waals surface area contributed by atoms with Gasteiger partial charge in [-0.2, -0.15) is 13.2 Å². The Labute approximate surface area is 136 Å². The van der Waals surface area contributed by atoms with Gasteiger partial charge in [-0.25, -0.2) is 4.39 Å². The van der Waals surface area contributed by atoms with Gasteiger partial charge in [-0.1, -0.05) is 17.7 Å². The van der Waals surface area contributed by atoms with Crippen molar-refractivity contribution in [2.75, 3.05) is 13.7 Å². The van der Waals surface area contributed by atoms with E-state index in [9.17, 15) is 17.6 Å². The standard InChI is InChI=1S/C16H14ClF4NO/c1-22-8-10-2-4-12(23-9-16(19,20)21)7-13(10)14-6-11(18)3-5-15(14)17/h2-7,22H,8-9H2,1H3. The minimum absolute atomic E-state index is 0.0394. The van der Waals surface area contributed by atoms with Gasteiger partial charge in [0.15, 0.2) is 6.61 Å². The Bertz CT molecular complexity index is 688. The highest BCUT2D eigenvalue weighted by Crippen LogP contribution is 2.34. The Morgan fingerprint density at radius 2 is 1.83 bits per heavy atom. The van der Waals surface area contributed by atoms with Crippen molar-refractivity contribution in [3.63, 3.8) is 0 Å². The van der Waals surface area contributed by atoms with Crippen LogP contribution in [-0.4, -0.2) is 19.8 Å². The maximum absolute atomic E-state index is 13.5. The first-order valence-corrected chi connectivity index (χ1v) is 7.10. The van der Waals surface area contributed by atoms with Crippen LogP contribution in [0.4, 0.5) is 17.6 Å². The molecule has 0 saturated heterocycles. The van der Waals surface area contributed by atoms with Crippen LogP contribution in [0.3, 0.4) is 0 Å². The van der Waals surface area contributed by atoms with E-state index in [-0.39, 0.29) is 5.75 Å². The lowest BCUT2D eigenvalue weighted by atomic mass is 9.99. The Kier molecular flexibility index (Phi) is 5.49. The molecule has 0 heterocycles. The third-order valence-electron chi connectivity index (χ3n) is 3.07. The van der Waals surface area contributed by atoms with Crippen LogP contribution in [0.2, 0.25) is 5.02 Å². The lowest BCUT2D eigenvalue weighted by Crippen LogP contribution is -2.19. The first kappa shape index (κ1) is 17.6. The van der Waals surface area contributed by atoms with Crippen LogP contribution in [0.1, 0.15) is 5.56 Å². The smallest absolute Gasteiger partial charge is 0.422 e. The van der Waals surface area contributed by atoms with Crippen molar-refractivity contribution >= 4 is 11.6 Å². The van der Waals surface area contributed by atoms with E-state index < -0.39 is 18.6 Å². The first-order valence-electron chi connectivity index (χ1n) is 6.72. The van der Waals surface area contributed by atoms with Crippen molar-refractivity contribution in [2.24, 2.45) is 0 Å². The average Bonchev–Trinajstić information content (AvgIpc) is 2.48. The number of ether oxygens (including phenoxy) is 1. The minimum Gasteiger partial charge on any atom is -0.484 e. The molecule has 1 N–H and O–H groups in total. The predicted octanol–water partition coefficient (Wildman–Crippen LogP) is 4.81. The number of alkyl halides is 3. The topological polar surface area (TPSA) is 21.3 Å². The summed E-state index contributed by atoms with van der Waals surface area (Å²) in [6, 6.07) is 8.35. The molecule has 0 aromatic heterocycles. The van der Waals surface area contributed by atoms with Crippen LogP contribution in [0.25, 0.3) is 11.1 Å². The highest BCUT2D eigenvalue weighted by Gasteiger charge is 2.28. The summed E-state index contributed by atoms with van der Waals surface area (Å²) in [5.74, 6) is -0.445. The number of rotatable bonds is 5. The summed E-state index contributed by atoms with van der Waals surface area (Å²) in [6.07, 6.45) is -4.43. The van der Waals surface area contributed by atoms with Gasteiger partial charge in [-0.05, 0) is 48.5 Å². The minimum atomic E-state index is -4.43. The fraction of sp³-hybridized carbons (Fsp3) is 0.250. The molecule has 0 aliphatic rings. The maximum atomic E-state index is 13.5. The Morgan fingerprint density at radius 3 is 2.48 bits per heavy atom. The van der Waals surface area contributed by atoms with Gasteiger partial charge in [0, 0.05) is 17.1 Å². The van der Waals surface area contributed by atoms with E-state index in [0.29, 0.717) is 22.7 Å². The van der Waals surface area contributed by atoms with Crippen LogP contribution >= 0.6 is 11.6 Å². The molecule has 0 atom stereocenters. The van der Waals surface area contributed by atoms with E-state index in [2.05, 4.69) is 5.32 Å². The maximum Gasteiger partial charge on any atom is 0.422 e. The summed E-state index contributed by atoms with van der Waals surface area (Å²) in [5.41, 5.74) is 1.68. The molecular weight excluding hydrogens is 334 g/mol. The molecule has 0 unspecified atom stereocenters. The van der Waals surface area contributed by atoms with Crippen LogP contribution < -0.4 is 10.1 Å². The van der Waals surface area contributed by atoms with Gasteiger partial charge in [0.2, 0.25) is 0 Å². The molecule has 2 aromatic rings. The zero-order chi connectivity index (χ0) is 17.0. The van der Waals surface area contributed by atoms with Crippen molar-refractivity contribution in [1.82, 2.24) is 5.32 Å². The van der Waals surface area contributed by atoms with Crippen molar-refractivity contribution in [3.05, 3.63) is 52.8 Å². The Hall–Kier alpha value is -1.79. The molecule has 0 aliphatic carbocycles. The summed E-state index contributed by atoms with van der Waals surface area (Å²) in [7, 11) is 1.73. The SMILES string of the molecule is CNCc1ccc(OCC(F)(F)F)cc1-c1cc(F)ccc1Cl. The van der Waals surface area contributed by atoms with Crippen molar-refractivity contribution in [2.45, 2.75) is 12.7 Å². The molecule has 0 saturated carbocycles. The molecule has 7 heteroatoms. The summed E-state index contributed by atoms with van der Waals surface area (Å²) >= 11 is 6.10. The molecule has 0 amide bonds. The second-order valence-electron chi connectivity index (χ2n) is 4.88. The quantitative estimate of drug-likeness (QED) is 0.784. The number of nitrogens with one attached hydrogen (secondary N) is 1. The van der Waals surface area contributed by atoms with Gasteiger partial charge in [-0.3, -0.25) is 0 Å². The van der Waals surface area contributed by atoms with Gasteiger partial charge < -0.3 is 10.1 Å². The summed E-state index contributed by atoms with van der Waals surface area (Å²) in [5, 5.41) is 3.25. The molecule has 2 aromatic carbocycles. The van der Waals surface area contributed by atoms with E-state index >= 15 is 0 Å². The molecule has 23 heavy (non-hydrogen) atoms. The van der Waals surface area contributed by atoms with E-state index in [1.807, 2.05) is 0 Å². The molecule has 124 valence electrons. The Balaban J connectivity index is 2.43. The van der Waals surface area contributed by atoms with Crippen LogP contribution in [-0.2, 0) is 6.54 Å². The second kappa shape index (κ2) is 7.19. The molecule has 0 fully saturated rings. The molecule has 2 nitrogen and oxygen atoms in total. The molecule has 0 radical (unpaired) electrons. The van der Waals surface area contributed by atoms with Crippen LogP contribution in [0.15, 0.2) is 36.4 Å². The number of hydrogen-bond donors (Lipinski definition) is 1. The number of halogens is 5. The van der Waals surface area contributed by atoms with E-state index in [4.69, 9.17) is 16.3 Å². The normalized spacial score (nSPS) is 11.6. The molecule has 0 spiro atoms. The van der Waals surface area contributed by atoms with E-state index in [0.717, 1.165) is 5.56 Å². The van der Waals surface area contributed by atoms with Crippen LogP contribution in [0.5, 0.6) is 5.75 Å². The average molecular weight is 348 g/mol. The largest absolute Gasteiger partial charge is 0.484 e. The Morgan fingerprint density at radius 1 is 1.09 bits per heavy atom. The third kappa shape index (κ3) is 4.84. The van der Waals surface area contributed by atoms with E-state index in [1.54, 1.807) is 13.1 Å². The van der Waals surface area contributed by atoms with Crippen molar-refractivity contribution in [1.29, 1.82) is 0 Å². The molecular formula is C16H14ClF4NO. The molecule has 0 bridgehead atoms. The van der Waals surface area contributed by atoms with Gasteiger partial charge in [-0.15, -0.1) is 0 Å². The second-order valence-corrected chi connectivity index (χ2v) is 5.28. The predicted molar refractivity (Wildman–Crippen MR) is 81.2 cm³/mol. The highest BCUT2D eigenvalue weighted by molar-refractivity contribution is 6.33. The zero-order valence-electron chi connectivity index (χ0n) is 12.2. The first-order chi connectivity index (χ1) is 10.8. The summed E-state index contributed by atoms with van der Waals surface area (Å²) < 4.78 is 55.1. The van der Waals surface area contributed by atoms with Gasteiger partial charge in [0.1, 0.15) is 11.6 Å². The summed E-state index contributed by atoms with van der Waals surface area (Å²) in [4.78, 5) is 0. The van der Waals surface area contributed by atoms with E-state index in [1.165, 1.54) is 30.3 Å². The molecule has 0 aliphatic heterocycles. The summed E-state index contributed by atoms with van der Waals surface area (Å²) in [6.45, 7) is -0.948. The fourth-order valence-corrected chi connectivity index (χ4v) is 2.33. The fourth-order valence-electron chi connectivity index (χ4n) is 2.11. The lowest BCUT2D eigenvalue weighted by molar-refractivity contribution is -0.153. The van der Waals surface area contributed by atoms with Crippen LogP contribution in [0, 0.1) is 5.82 Å². The monoisotopic (exact) mass is 347 g/mol. The van der Waals surface area contributed by atoms with Gasteiger partial charge >= 0.3 is 6.18 Å². The van der Waals surface area contributed by atoms with Gasteiger partial charge in [0.25, 0.3) is 0 Å². The van der Waals surface area contributed by atoms with Crippen molar-refractivity contribution in [3.8, 4) is 16.9 Å². The number of hydrogen-bond acceptors (Lipinski definition) is 2. The molecule has 2 rings (SSSR count). The van der Waals surface area contributed by atoms with Gasteiger partial charge in [0.05, 0.1) is 0 Å². The zero-order valence-corrected chi connectivity index (χ0v) is 12.9.